The van der Waals surface area contributed by atoms with Crippen molar-refractivity contribution in [2.75, 3.05) is 11.9 Å². The Morgan fingerprint density at radius 2 is 1.83 bits per heavy atom. The van der Waals surface area contributed by atoms with E-state index in [0.717, 1.165) is 12.2 Å². The minimum Gasteiger partial charge on any atom is -0.478 e. The first kappa shape index (κ1) is 12.9. The van der Waals surface area contributed by atoms with Gasteiger partial charge in [0, 0.05) is 12.2 Å². The molecule has 18 heavy (non-hydrogen) atoms. The molecule has 1 aliphatic rings. The molecule has 0 bridgehead atoms. The molecule has 0 spiro atoms. The van der Waals surface area contributed by atoms with Gasteiger partial charge < -0.3 is 10.4 Å². The molecular formula is C15H21NO2. The summed E-state index contributed by atoms with van der Waals surface area (Å²) in [6.07, 6.45) is 7.86. The van der Waals surface area contributed by atoms with E-state index in [2.05, 4.69) is 5.32 Å². The second-order valence-corrected chi connectivity index (χ2v) is 5.09. The van der Waals surface area contributed by atoms with Gasteiger partial charge in [0.2, 0.25) is 0 Å². The van der Waals surface area contributed by atoms with Gasteiger partial charge in [0.1, 0.15) is 0 Å². The van der Waals surface area contributed by atoms with E-state index in [1.165, 1.54) is 38.5 Å². The fourth-order valence-electron chi connectivity index (χ4n) is 2.65. The van der Waals surface area contributed by atoms with Crippen LogP contribution in [0.2, 0.25) is 0 Å². The van der Waals surface area contributed by atoms with Gasteiger partial charge in [0.05, 0.1) is 5.56 Å². The van der Waals surface area contributed by atoms with Crippen molar-refractivity contribution >= 4 is 11.7 Å². The number of carbonyl (C=O) groups is 1. The molecule has 0 amide bonds. The van der Waals surface area contributed by atoms with E-state index in [1.54, 1.807) is 12.1 Å². The molecule has 2 N–H and O–H groups in total. The fourth-order valence-corrected chi connectivity index (χ4v) is 2.65. The van der Waals surface area contributed by atoms with Crippen molar-refractivity contribution in [3.05, 3.63) is 29.8 Å². The average molecular weight is 247 g/mol. The number of hydrogen-bond donors (Lipinski definition) is 2. The Bertz CT molecular complexity index is 395. The number of rotatable bonds is 4. The van der Waals surface area contributed by atoms with Gasteiger partial charge in [0.25, 0.3) is 0 Å². The maximum Gasteiger partial charge on any atom is 0.337 e. The highest BCUT2D eigenvalue weighted by Crippen LogP contribution is 2.24. The first-order chi connectivity index (χ1) is 8.77. The van der Waals surface area contributed by atoms with Crippen LogP contribution in [0.3, 0.4) is 0 Å². The molecule has 0 aliphatic heterocycles. The minimum atomic E-state index is -0.862. The topological polar surface area (TPSA) is 49.3 Å². The molecule has 3 nitrogen and oxygen atoms in total. The lowest BCUT2D eigenvalue weighted by Crippen LogP contribution is -2.15. The molecule has 98 valence electrons. The van der Waals surface area contributed by atoms with E-state index in [9.17, 15) is 4.79 Å². The van der Waals surface area contributed by atoms with Crippen molar-refractivity contribution in [1.29, 1.82) is 0 Å². The Hall–Kier alpha value is -1.51. The van der Waals surface area contributed by atoms with Crippen molar-refractivity contribution in [1.82, 2.24) is 0 Å². The predicted molar refractivity (Wildman–Crippen MR) is 73.1 cm³/mol. The molecule has 1 saturated carbocycles. The fraction of sp³-hybridized carbons (Fsp3) is 0.533. The Labute approximate surface area is 108 Å². The van der Waals surface area contributed by atoms with Crippen molar-refractivity contribution < 1.29 is 9.90 Å². The molecule has 2 rings (SSSR count). The number of aromatic carboxylic acids is 1. The molecule has 1 aromatic rings. The second-order valence-electron chi connectivity index (χ2n) is 5.09. The highest BCUT2D eigenvalue weighted by atomic mass is 16.4. The molecule has 3 heteroatoms. The Kier molecular flexibility index (Phi) is 4.62. The third kappa shape index (κ3) is 3.49. The first-order valence-corrected chi connectivity index (χ1v) is 6.83. The molecule has 1 fully saturated rings. The minimum absolute atomic E-state index is 0.367. The van der Waals surface area contributed by atoms with Crippen LogP contribution in [-0.2, 0) is 0 Å². The Morgan fingerprint density at radius 1 is 1.17 bits per heavy atom. The zero-order valence-corrected chi connectivity index (χ0v) is 10.7. The van der Waals surface area contributed by atoms with Crippen LogP contribution < -0.4 is 5.32 Å². The van der Waals surface area contributed by atoms with Crippen LogP contribution >= 0.6 is 0 Å². The van der Waals surface area contributed by atoms with Crippen molar-refractivity contribution in [2.45, 2.75) is 38.5 Å². The summed E-state index contributed by atoms with van der Waals surface area (Å²) in [7, 11) is 0. The summed E-state index contributed by atoms with van der Waals surface area (Å²) < 4.78 is 0. The first-order valence-electron chi connectivity index (χ1n) is 6.83. The van der Waals surface area contributed by atoms with Gasteiger partial charge in [-0.25, -0.2) is 4.79 Å². The summed E-state index contributed by atoms with van der Waals surface area (Å²) in [4.78, 5) is 11.1. The van der Waals surface area contributed by atoms with Gasteiger partial charge in [-0.05, 0) is 30.9 Å². The van der Waals surface area contributed by atoms with E-state index in [4.69, 9.17) is 5.11 Å². The number of anilines is 1. The van der Waals surface area contributed by atoms with Crippen molar-refractivity contribution in [3.63, 3.8) is 0 Å². The molecule has 0 aromatic heterocycles. The van der Waals surface area contributed by atoms with Gasteiger partial charge in [-0.15, -0.1) is 0 Å². The Morgan fingerprint density at radius 3 is 2.50 bits per heavy atom. The smallest absolute Gasteiger partial charge is 0.337 e. The number of hydrogen-bond acceptors (Lipinski definition) is 2. The van der Waals surface area contributed by atoms with Crippen LogP contribution in [0.1, 0.15) is 48.9 Å². The number of para-hydroxylation sites is 1. The van der Waals surface area contributed by atoms with Crippen LogP contribution in [-0.4, -0.2) is 17.6 Å². The molecule has 0 atom stereocenters. The van der Waals surface area contributed by atoms with Crippen LogP contribution in [0, 0.1) is 5.92 Å². The molecule has 0 heterocycles. The lowest BCUT2D eigenvalue weighted by molar-refractivity contribution is 0.0698. The van der Waals surface area contributed by atoms with Crippen molar-refractivity contribution in [2.24, 2.45) is 5.92 Å². The van der Waals surface area contributed by atoms with E-state index in [1.807, 2.05) is 12.1 Å². The van der Waals surface area contributed by atoms with Gasteiger partial charge in [-0.1, -0.05) is 37.8 Å². The summed E-state index contributed by atoms with van der Waals surface area (Å²) in [6.45, 7) is 0.893. The molecular weight excluding hydrogens is 226 g/mol. The monoisotopic (exact) mass is 247 g/mol. The number of nitrogens with one attached hydrogen (secondary N) is 1. The van der Waals surface area contributed by atoms with Crippen molar-refractivity contribution in [3.8, 4) is 0 Å². The number of carboxylic acids is 1. The summed E-state index contributed by atoms with van der Waals surface area (Å²) in [5.41, 5.74) is 1.11. The molecule has 0 radical (unpaired) electrons. The second kappa shape index (κ2) is 6.43. The predicted octanol–water partition coefficient (Wildman–Crippen LogP) is 3.77. The third-order valence-electron chi connectivity index (χ3n) is 3.71. The number of benzene rings is 1. The van der Waals surface area contributed by atoms with E-state index >= 15 is 0 Å². The average Bonchev–Trinajstić information content (AvgIpc) is 2.65. The quantitative estimate of drug-likeness (QED) is 0.796. The van der Waals surface area contributed by atoms with Gasteiger partial charge in [0.15, 0.2) is 0 Å². The normalized spacial score (nSPS) is 17.1. The standard InChI is InChI=1S/C15H21NO2/c17-15(18)13-9-5-6-10-14(13)16-11-12-7-3-1-2-4-8-12/h5-6,9-10,12,16H,1-4,7-8,11H2,(H,17,18). The SMILES string of the molecule is O=C(O)c1ccccc1NCC1CCCCCC1. The van der Waals surface area contributed by atoms with Gasteiger partial charge in [-0.3, -0.25) is 0 Å². The molecule has 1 aromatic carbocycles. The summed E-state index contributed by atoms with van der Waals surface area (Å²) in [6, 6.07) is 7.14. The van der Waals surface area contributed by atoms with Crippen LogP contribution in [0.25, 0.3) is 0 Å². The van der Waals surface area contributed by atoms with E-state index in [0.29, 0.717) is 11.5 Å². The van der Waals surface area contributed by atoms with Crippen LogP contribution in [0.15, 0.2) is 24.3 Å². The molecule has 0 saturated heterocycles. The Balaban J connectivity index is 1.94. The summed E-state index contributed by atoms with van der Waals surface area (Å²) in [5.74, 6) is -0.173. The third-order valence-corrected chi connectivity index (χ3v) is 3.71. The van der Waals surface area contributed by atoms with Gasteiger partial charge in [-0.2, -0.15) is 0 Å². The zero-order valence-electron chi connectivity index (χ0n) is 10.7. The molecule has 1 aliphatic carbocycles. The lowest BCUT2D eigenvalue weighted by Gasteiger charge is -2.16. The zero-order chi connectivity index (χ0) is 12.8. The summed E-state index contributed by atoms with van der Waals surface area (Å²) in [5, 5.41) is 12.4. The lowest BCUT2D eigenvalue weighted by atomic mass is 10.00. The highest BCUT2D eigenvalue weighted by Gasteiger charge is 2.14. The van der Waals surface area contributed by atoms with Crippen LogP contribution in [0.5, 0.6) is 0 Å². The van der Waals surface area contributed by atoms with E-state index in [-0.39, 0.29) is 0 Å². The van der Waals surface area contributed by atoms with Crippen LogP contribution in [0.4, 0.5) is 5.69 Å². The van der Waals surface area contributed by atoms with Gasteiger partial charge >= 0.3 is 5.97 Å². The number of carboxylic acid groups (broad SMARTS) is 1. The summed E-state index contributed by atoms with van der Waals surface area (Å²) >= 11 is 0. The molecule has 0 unspecified atom stereocenters. The maximum absolute atomic E-state index is 11.1. The largest absolute Gasteiger partial charge is 0.478 e. The maximum atomic E-state index is 11.1. The highest BCUT2D eigenvalue weighted by molar-refractivity contribution is 5.94. The van der Waals surface area contributed by atoms with E-state index < -0.39 is 5.97 Å².